The second-order valence-corrected chi connectivity index (χ2v) is 8.50. The first-order valence-corrected chi connectivity index (χ1v) is 9.27. The van der Waals surface area contributed by atoms with Crippen molar-refractivity contribution in [1.29, 1.82) is 0 Å². The second kappa shape index (κ2) is 8.11. The summed E-state index contributed by atoms with van der Waals surface area (Å²) in [5.41, 5.74) is -0.534. The number of benzene rings is 3. The molecule has 0 N–H and O–H groups in total. The first kappa shape index (κ1) is 18.9. The van der Waals surface area contributed by atoms with Crippen molar-refractivity contribution >= 4 is 29.1 Å². The molecule has 0 aliphatic heterocycles. The molecule has 129 valence electrons. The fraction of sp³-hybridized carbons (Fsp3) is 0.0526. The molecule has 0 unspecified atom stereocenters. The van der Waals surface area contributed by atoms with Crippen molar-refractivity contribution in [2.45, 2.75) is 6.18 Å². The van der Waals surface area contributed by atoms with Crippen LogP contribution in [0.2, 0.25) is 0 Å². The summed E-state index contributed by atoms with van der Waals surface area (Å²) in [5.74, 6) is 0. The molecule has 24 heavy (non-hydrogen) atoms. The maximum absolute atomic E-state index is 13.5. The van der Waals surface area contributed by atoms with E-state index in [0.29, 0.717) is 4.04 Å². The fourth-order valence-corrected chi connectivity index (χ4v) is 6.42. The zero-order chi connectivity index (χ0) is 16.3. The summed E-state index contributed by atoms with van der Waals surface area (Å²) in [7, 11) is 0. The summed E-state index contributed by atoms with van der Waals surface area (Å²) in [6, 6.07) is 24.9. The molecule has 0 amide bonds. The monoisotopic (exact) mass is 485 g/mol. The summed E-state index contributed by atoms with van der Waals surface area (Å²) in [5, 5.41) is 0. The van der Waals surface area contributed by atoms with Gasteiger partial charge in [0, 0.05) is 0 Å². The Kier molecular flexibility index (Phi) is 6.40. The van der Waals surface area contributed by atoms with Gasteiger partial charge in [-0.05, 0) is 0 Å². The van der Waals surface area contributed by atoms with Crippen LogP contribution in [-0.4, -0.2) is 0 Å². The molecule has 0 nitrogen and oxygen atoms in total. The molecule has 0 aliphatic carbocycles. The van der Waals surface area contributed by atoms with Crippen LogP contribution in [-0.2, 0) is 22.9 Å². The van der Waals surface area contributed by atoms with Crippen LogP contribution in [0.1, 0.15) is 5.56 Å². The van der Waals surface area contributed by atoms with Crippen molar-refractivity contribution in [1.82, 2.24) is 0 Å². The van der Waals surface area contributed by atoms with Crippen LogP contribution >= 0.6 is 17.0 Å². The summed E-state index contributed by atoms with van der Waals surface area (Å²) in [4.78, 5) is 0. The standard InChI is InChI=1S/C7H4F3.2C6H5.BrH.Pd/c8-7(9,10)6-4-2-1-3-5-6;2*1-2-4-6-5-3-1;;/h1-4H;2*1-5H;1H;. The van der Waals surface area contributed by atoms with E-state index in [2.05, 4.69) is 0 Å². The van der Waals surface area contributed by atoms with E-state index in [1.165, 1.54) is 12.1 Å². The van der Waals surface area contributed by atoms with Gasteiger partial charge in [0.2, 0.25) is 0 Å². The molecule has 0 saturated heterocycles. The molecule has 0 saturated carbocycles. The van der Waals surface area contributed by atoms with Crippen molar-refractivity contribution in [3.05, 3.63) is 90.5 Å². The summed E-state index contributed by atoms with van der Waals surface area (Å²) in [6.45, 7) is 0. The van der Waals surface area contributed by atoms with Gasteiger partial charge in [-0.1, -0.05) is 0 Å². The van der Waals surface area contributed by atoms with Crippen molar-refractivity contribution < 1.29 is 29.9 Å². The Balaban J connectivity index is 0.00000208. The SMILES string of the molecule is Br.FC(F)(F)c1cccc[c]1[Pd]([c]1ccccc1)[c]1ccccc1. The van der Waals surface area contributed by atoms with Crippen LogP contribution in [0, 0.1) is 0 Å². The molecule has 0 heterocycles. The van der Waals surface area contributed by atoms with E-state index >= 15 is 0 Å². The number of hydrogen-bond acceptors (Lipinski definition) is 0. The molecule has 3 aromatic rings. The zero-order valence-electron chi connectivity index (χ0n) is 12.4. The summed E-state index contributed by atoms with van der Waals surface area (Å²) < 4.78 is 42.7. The quantitative estimate of drug-likeness (QED) is 0.488. The fourth-order valence-electron chi connectivity index (χ4n) is 2.13. The molecule has 5 heteroatoms. The summed E-state index contributed by atoms with van der Waals surface area (Å²) >= 11 is -1.89. The van der Waals surface area contributed by atoms with E-state index in [9.17, 15) is 13.2 Å². The number of halogens is 4. The third kappa shape index (κ3) is 4.16. The Morgan fingerprint density at radius 2 is 1.00 bits per heavy atom. The van der Waals surface area contributed by atoms with Gasteiger partial charge in [-0.15, -0.1) is 17.0 Å². The van der Waals surface area contributed by atoms with Gasteiger partial charge in [-0.2, -0.15) is 0 Å². The van der Waals surface area contributed by atoms with Gasteiger partial charge in [0.15, 0.2) is 0 Å². The Labute approximate surface area is 155 Å². The molecule has 0 atom stereocenters. The van der Waals surface area contributed by atoms with E-state index in [1.807, 2.05) is 60.7 Å². The van der Waals surface area contributed by atoms with Crippen LogP contribution < -0.4 is 12.1 Å². The minimum absolute atomic E-state index is 0. The molecular weight excluding hydrogens is 472 g/mol. The van der Waals surface area contributed by atoms with Crippen LogP contribution in [0.4, 0.5) is 13.2 Å². The molecule has 0 spiro atoms. The Morgan fingerprint density at radius 3 is 1.46 bits per heavy atom. The van der Waals surface area contributed by atoms with Crippen LogP contribution in [0.25, 0.3) is 0 Å². The first-order chi connectivity index (χ1) is 11.1. The van der Waals surface area contributed by atoms with Gasteiger partial charge >= 0.3 is 139 Å². The molecule has 0 fully saturated rings. The van der Waals surface area contributed by atoms with Gasteiger partial charge < -0.3 is 0 Å². The van der Waals surface area contributed by atoms with E-state index in [-0.39, 0.29) is 17.0 Å². The van der Waals surface area contributed by atoms with Crippen LogP contribution in [0.5, 0.6) is 0 Å². The maximum atomic E-state index is 13.5. The average molecular weight is 487 g/mol. The van der Waals surface area contributed by atoms with E-state index in [4.69, 9.17) is 0 Å². The van der Waals surface area contributed by atoms with E-state index < -0.39 is 28.5 Å². The minimum atomic E-state index is -4.35. The van der Waals surface area contributed by atoms with Gasteiger partial charge in [-0.3, -0.25) is 0 Å². The van der Waals surface area contributed by atoms with Gasteiger partial charge in [0.25, 0.3) is 0 Å². The van der Waals surface area contributed by atoms with Crippen LogP contribution in [0.3, 0.4) is 0 Å². The van der Waals surface area contributed by atoms with Crippen molar-refractivity contribution in [3.8, 4) is 0 Å². The normalized spacial score (nSPS) is 11.5. The second-order valence-electron chi connectivity index (χ2n) is 4.70. The molecule has 0 aromatic heterocycles. The van der Waals surface area contributed by atoms with Crippen molar-refractivity contribution in [2.75, 3.05) is 0 Å². The molecule has 3 rings (SSSR count). The molecular formula is C19H15BrF3Pd. The molecule has 0 radical (unpaired) electrons. The van der Waals surface area contributed by atoms with E-state index in [0.717, 1.165) is 8.07 Å². The first-order valence-electron chi connectivity index (χ1n) is 6.94. The van der Waals surface area contributed by atoms with Crippen molar-refractivity contribution in [2.24, 2.45) is 0 Å². The Bertz CT molecular complexity index is 734. The topological polar surface area (TPSA) is 0 Å². The van der Waals surface area contributed by atoms with Gasteiger partial charge in [0.1, 0.15) is 0 Å². The molecule has 0 aliphatic rings. The third-order valence-electron chi connectivity index (χ3n) is 3.11. The number of rotatable bonds is 3. The Morgan fingerprint density at radius 1 is 0.583 bits per heavy atom. The number of hydrogen-bond donors (Lipinski definition) is 0. The zero-order valence-corrected chi connectivity index (χ0v) is 15.7. The van der Waals surface area contributed by atoms with Crippen LogP contribution in [0.15, 0.2) is 84.9 Å². The summed E-state index contributed by atoms with van der Waals surface area (Å²) in [6.07, 6.45) is -4.35. The average Bonchev–Trinajstić information content (AvgIpc) is 2.57. The molecule has 3 aromatic carbocycles. The molecule has 0 bridgehead atoms. The number of alkyl halides is 3. The van der Waals surface area contributed by atoms with Crippen molar-refractivity contribution in [3.63, 3.8) is 0 Å². The third-order valence-corrected chi connectivity index (χ3v) is 7.46. The van der Waals surface area contributed by atoms with E-state index in [1.54, 1.807) is 12.1 Å². The van der Waals surface area contributed by atoms with Gasteiger partial charge in [-0.25, -0.2) is 0 Å². The predicted molar refractivity (Wildman–Crippen MR) is 93.6 cm³/mol. The Hall–Kier alpha value is -1.41. The van der Waals surface area contributed by atoms with Gasteiger partial charge in [0.05, 0.1) is 0 Å². The predicted octanol–water partition coefficient (Wildman–Crippen LogP) is 4.18.